The molecule has 0 spiro atoms. The summed E-state index contributed by atoms with van der Waals surface area (Å²) >= 11 is 5.07. The van der Waals surface area contributed by atoms with Crippen molar-refractivity contribution in [1.29, 1.82) is 0 Å². The van der Waals surface area contributed by atoms with Crippen LogP contribution in [0.25, 0.3) is 10.7 Å². The Labute approximate surface area is 122 Å². The average Bonchev–Trinajstić information content (AvgIpc) is 3.09. The van der Waals surface area contributed by atoms with Gasteiger partial charge in [0.25, 0.3) is 0 Å². The second kappa shape index (κ2) is 5.54. The van der Waals surface area contributed by atoms with E-state index in [0.29, 0.717) is 18.3 Å². The van der Waals surface area contributed by atoms with Gasteiger partial charge in [-0.25, -0.2) is 0 Å². The number of aromatic nitrogens is 2. The number of hydrogen-bond donors (Lipinski definition) is 1. The van der Waals surface area contributed by atoms with Crippen molar-refractivity contribution < 1.29 is 4.52 Å². The molecule has 3 aromatic rings. The maximum atomic E-state index is 5.22. The summed E-state index contributed by atoms with van der Waals surface area (Å²) < 4.78 is 6.23. The van der Waals surface area contributed by atoms with Crippen LogP contribution in [0.5, 0.6) is 0 Å². The molecule has 19 heavy (non-hydrogen) atoms. The van der Waals surface area contributed by atoms with Crippen LogP contribution in [0, 0.1) is 0 Å². The van der Waals surface area contributed by atoms with E-state index in [4.69, 9.17) is 4.52 Å². The van der Waals surface area contributed by atoms with Gasteiger partial charge in [-0.2, -0.15) is 4.98 Å². The van der Waals surface area contributed by atoms with Gasteiger partial charge in [0.15, 0.2) is 0 Å². The minimum atomic E-state index is 0.501. The van der Waals surface area contributed by atoms with E-state index in [9.17, 15) is 0 Å². The molecule has 0 amide bonds. The minimum Gasteiger partial charge on any atom is -0.375 e. The predicted octanol–water partition coefficient (Wildman–Crippen LogP) is 4.17. The van der Waals surface area contributed by atoms with Gasteiger partial charge in [-0.3, -0.25) is 0 Å². The number of nitrogens with one attached hydrogen (secondary N) is 1. The number of nitrogens with zero attached hydrogens (tertiary/aromatic N) is 2. The summed E-state index contributed by atoms with van der Waals surface area (Å²) in [6.45, 7) is 0.501. The van der Waals surface area contributed by atoms with Gasteiger partial charge in [0.1, 0.15) is 0 Å². The van der Waals surface area contributed by atoms with Crippen molar-refractivity contribution in [2.45, 2.75) is 6.54 Å². The van der Waals surface area contributed by atoms with Gasteiger partial charge in [0.05, 0.1) is 11.4 Å². The SMILES string of the molecule is Brc1ccccc1NCc1nc(-c2cccs2)no1. The molecule has 0 saturated heterocycles. The van der Waals surface area contributed by atoms with Crippen molar-refractivity contribution in [2.24, 2.45) is 0 Å². The Hall–Kier alpha value is -1.66. The number of anilines is 1. The van der Waals surface area contributed by atoms with Crippen molar-refractivity contribution in [1.82, 2.24) is 10.1 Å². The highest BCUT2D eigenvalue weighted by atomic mass is 79.9. The average molecular weight is 336 g/mol. The summed E-state index contributed by atoms with van der Waals surface area (Å²) in [4.78, 5) is 5.36. The zero-order chi connectivity index (χ0) is 13.1. The van der Waals surface area contributed by atoms with E-state index in [1.54, 1.807) is 11.3 Å². The molecule has 0 unspecified atom stereocenters. The van der Waals surface area contributed by atoms with Crippen molar-refractivity contribution in [2.75, 3.05) is 5.32 Å². The molecule has 1 N–H and O–H groups in total. The maximum Gasteiger partial charge on any atom is 0.246 e. The minimum absolute atomic E-state index is 0.501. The van der Waals surface area contributed by atoms with Gasteiger partial charge in [-0.05, 0) is 39.5 Å². The zero-order valence-corrected chi connectivity index (χ0v) is 12.2. The van der Waals surface area contributed by atoms with Gasteiger partial charge in [0.2, 0.25) is 11.7 Å². The van der Waals surface area contributed by atoms with Gasteiger partial charge in [-0.15, -0.1) is 11.3 Å². The second-order valence-electron chi connectivity index (χ2n) is 3.82. The van der Waals surface area contributed by atoms with Crippen molar-refractivity contribution in [3.8, 4) is 10.7 Å². The van der Waals surface area contributed by atoms with E-state index in [2.05, 4.69) is 31.4 Å². The first-order valence-electron chi connectivity index (χ1n) is 5.68. The van der Waals surface area contributed by atoms with E-state index >= 15 is 0 Å². The number of halogens is 1. The third kappa shape index (κ3) is 2.85. The lowest BCUT2D eigenvalue weighted by Crippen LogP contribution is -2.00. The van der Waals surface area contributed by atoms with Crippen LogP contribution >= 0.6 is 27.3 Å². The van der Waals surface area contributed by atoms with Crippen LogP contribution in [-0.4, -0.2) is 10.1 Å². The molecule has 0 radical (unpaired) electrons. The largest absolute Gasteiger partial charge is 0.375 e. The summed E-state index contributed by atoms with van der Waals surface area (Å²) in [7, 11) is 0. The number of thiophene rings is 1. The van der Waals surface area contributed by atoms with Crippen LogP contribution < -0.4 is 5.32 Å². The molecule has 0 aliphatic heterocycles. The lowest BCUT2D eigenvalue weighted by Gasteiger charge is -2.04. The van der Waals surface area contributed by atoms with Crippen molar-refractivity contribution >= 4 is 33.0 Å². The molecule has 2 heterocycles. The molecule has 3 rings (SSSR count). The molecule has 0 aliphatic carbocycles. The van der Waals surface area contributed by atoms with Crippen LogP contribution in [0.4, 0.5) is 5.69 Å². The highest BCUT2D eigenvalue weighted by molar-refractivity contribution is 9.10. The summed E-state index contributed by atoms with van der Waals surface area (Å²) in [6.07, 6.45) is 0. The highest BCUT2D eigenvalue weighted by Gasteiger charge is 2.09. The van der Waals surface area contributed by atoms with Gasteiger partial charge >= 0.3 is 0 Å². The Morgan fingerprint density at radius 2 is 2.11 bits per heavy atom. The maximum absolute atomic E-state index is 5.22. The third-order valence-corrected chi connectivity index (χ3v) is 4.07. The van der Waals surface area contributed by atoms with E-state index < -0.39 is 0 Å². The Kier molecular flexibility index (Phi) is 3.61. The molecule has 6 heteroatoms. The van der Waals surface area contributed by atoms with E-state index in [0.717, 1.165) is 15.0 Å². The number of benzene rings is 1. The molecule has 2 aromatic heterocycles. The van der Waals surface area contributed by atoms with E-state index in [1.807, 2.05) is 41.8 Å². The third-order valence-electron chi connectivity index (χ3n) is 2.51. The van der Waals surface area contributed by atoms with E-state index in [-0.39, 0.29) is 0 Å². The number of para-hydroxylation sites is 1. The molecule has 0 bridgehead atoms. The Bertz CT molecular complexity index is 666. The fourth-order valence-corrected chi connectivity index (χ4v) is 2.68. The monoisotopic (exact) mass is 335 g/mol. The molecular weight excluding hydrogens is 326 g/mol. The van der Waals surface area contributed by atoms with Crippen LogP contribution in [0.2, 0.25) is 0 Å². The smallest absolute Gasteiger partial charge is 0.246 e. The number of hydrogen-bond acceptors (Lipinski definition) is 5. The molecule has 0 saturated carbocycles. The molecule has 4 nitrogen and oxygen atoms in total. The van der Waals surface area contributed by atoms with E-state index in [1.165, 1.54) is 0 Å². The predicted molar refractivity (Wildman–Crippen MR) is 79.1 cm³/mol. The van der Waals surface area contributed by atoms with Gasteiger partial charge < -0.3 is 9.84 Å². The topological polar surface area (TPSA) is 51.0 Å². The quantitative estimate of drug-likeness (QED) is 0.777. The van der Waals surface area contributed by atoms with Crippen molar-refractivity contribution in [3.63, 3.8) is 0 Å². The normalized spacial score (nSPS) is 10.6. The fraction of sp³-hybridized carbons (Fsp3) is 0.0769. The first-order valence-corrected chi connectivity index (χ1v) is 7.35. The zero-order valence-electron chi connectivity index (χ0n) is 9.84. The van der Waals surface area contributed by atoms with Crippen molar-refractivity contribution in [3.05, 3.63) is 52.1 Å². The first kappa shape index (κ1) is 12.4. The molecule has 0 fully saturated rings. The summed E-state index contributed by atoms with van der Waals surface area (Å²) in [5, 5.41) is 9.20. The molecular formula is C13H10BrN3OS. The standard InChI is InChI=1S/C13H10BrN3OS/c14-9-4-1-2-5-10(9)15-8-12-16-13(17-18-12)11-6-3-7-19-11/h1-7,15H,8H2. The van der Waals surface area contributed by atoms with Gasteiger partial charge in [0, 0.05) is 10.2 Å². The Morgan fingerprint density at radius 1 is 1.21 bits per heavy atom. The highest BCUT2D eigenvalue weighted by Crippen LogP contribution is 2.23. The lowest BCUT2D eigenvalue weighted by molar-refractivity contribution is 0.384. The lowest BCUT2D eigenvalue weighted by atomic mass is 10.3. The van der Waals surface area contributed by atoms with Crippen LogP contribution in [0.15, 0.2) is 50.8 Å². The number of rotatable bonds is 4. The molecule has 1 aromatic carbocycles. The molecule has 0 aliphatic rings. The molecule has 96 valence electrons. The first-order chi connectivity index (χ1) is 9.33. The molecule has 0 atom stereocenters. The fourth-order valence-electron chi connectivity index (χ4n) is 1.61. The van der Waals surface area contributed by atoms with Crippen LogP contribution in [0.3, 0.4) is 0 Å². The Balaban J connectivity index is 1.70. The van der Waals surface area contributed by atoms with Crippen LogP contribution in [0.1, 0.15) is 5.89 Å². The summed E-state index contributed by atoms with van der Waals surface area (Å²) in [5.74, 6) is 1.21. The Morgan fingerprint density at radius 3 is 2.89 bits per heavy atom. The van der Waals surface area contributed by atoms with Crippen LogP contribution in [-0.2, 0) is 6.54 Å². The van der Waals surface area contributed by atoms with Gasteiger partial charge in [-0.1, -0.05) is 23.4 Å². The summed E-state index contributed by atoms with van der Waals surface area (Å²) in [6, 6.07) is 11.8. The summed E-state index contributed by atoms with van der Waals surface area (Å²) in [5.41, 5.74) is 0.998. The second-order valence-corrected chi connectivity index (χ2v) is 5.62.